The van der Waals surface area contributed by atoms with Gasteiger partial charge in [-0.05, 0) is 18.2 Å². The number of anilines is 1. The van der Waals surface area contributed by atoms with Crippen molar-refractivity contribution in [3.8, 4) is 0 Å². The van der Waals surface area contributed by atoms with Crippen LogP contribution in [0.25, 0.3) is 4.96 Å². The zero-order chi connectivity index (χ0) is 18.2. The zero-order valence-electron chi connectivity index (χ0n) is 14.5. The molecule has 0 aliphatic carbocycles. The SMILES string of the molecule is COC(=O)c1ccc(F)c(CNc2nn3cc(C(C)(C)C)nc3s2)c1. The van der Waals surface area contributed by atoms with Crippen molar-refractivity contribution >= 4 is 27.4 Å². The van der Waals surface area contributed by atoms with Gasteiger partial charge in [-0.2, -0.15) is 0 Å². The van der Waals surface area contributed by atoms with Gasteiger partial charge in [0.2, 0.25) is 10.1 Å². The lowest BCUT2D eigenvalue weighted by atomic mass is 9.93. The van der Waals surface area contributed by atoms with E-state index in [4.69, 9.17) is 0 Å². The second-order valence-electron chi connectivity index (χ2n) is 6.66. The quantitative estimate of drug-likeness (QED) is 0.718. The van der Waals surface area contributed by atoms with Crippen LogP contribution in [-0.2, 0) is 16.7 Å². The van der Waals surface area contributed by atoms with Crippen LogP contribution < -0.4 is 5.32 Å². The Morgan fingerprint density at radius 1 is 1.40 bits per heavy atom. The summed E-state index contributed by atoms with van der Waals surface area (Å²) in [6, 6.07) is 4.13. The van der Waals surface area contributed by atoms with Crippen molar-refractivity contribution in [1.82, 2.24) is 14.6 Å². The first-order chi connectivity index (χ1) is 11.8. The molecule has 0 fully saturated rings. The summed E-state index contributed by atoms with van der Waals surface area (Å²) in [6.07, 6.45) is 1.90. The molecule has 6 nitrogen and oxygen atoms in total. The molecular weight excluding hydrogens is 343 g/mol. The Labute approximate surface area is 148 Å². The predicted molar refractivity (Wildman–Crippen MR) is 94.6 cm³/mol. The first-order valence-electron chi connectivity index (χ1n) is 7.75. The van der Waals surface area contributed by atoms with Crippen LogP contribution in [0.1, 0.15) is 42.4 Å². The largest absolute Gasteiger partial charge is 0.465 e. The summed E-state index contributed by atoms with van der Waals surface area (Å²) in [7, 11) is 1.29. The molecule has 2 aromatic heterocycles. The van der Waals surface area contributed by atoms with Crippen LogP contribution in [0.15, 0.2) is 24.4 Å². The molecule has 2 heterocycles. The minimum absolute atomic E-state index is 0.0432. The third-order valence-electron chi connectivity index (χ3n) is 3.71. The van der Waals surface area contributed by atoms with Crippen molar-refractivity contribution in [2.75, 3.05) is 12.4 Å². The Morgan fingerprint density at radius 3 is 2.80 bits per heavy atom. The van der Waals surface area contributed by atoms with Gasteiger partial charge in [0, 0.05) is 17.5 Å². The van der Waals surface area contributed by atoms with E-state index in [9.17, 15) is 9.18 Å². The number of hydrogen-bond acceptors (Lipinski definition) is 6. The number of rotatable bonds is 4. The number of hydrogen-bond donors (Lipinski definition) is 1. The van der Waals surface area contributed by atoms with E-state index >= 15 is 0 Å². The van der Waals surface area contributed by atoms with E-state index < -0.39 is 11.8 Å². The number of aromatic nitrogens is 3. The molecule has 1 aromatic carbocycles. The zero-order valence-corrected chi connectivity index (χ0v) is 15.3. The fraction of sp³-hybridized carbons (Fsp3) is 0.353. The van der Waals surface area contributed by atoms with Crippen LogP contribution in [-0.4, -0.2) is 27.7 Å². The average molecular weight is 362 g/mol. The highest BCUT2D eigenvalue weighted by Gasteiger charge is 2.19. The van der Waals surface area contributed by atoms with Crippen LogP contribution in [0.4, 0.5) is 9.52 Å². The van der Waals surface area contributed by atoms with Crippen molar-refractivity contribution in [1.29, 1.82) is 0 Å². The van der Waals surface area contributed by atoms with Crippen molar-refractivity contribution in [3.05, 3.63) is 47.0 Å². The van der Waals surface area contributed by atoms with E-state index in [0.29, 0.717) is 16.3 Å². The molecule has 0 atom stereocenters. The van der Waals surface area contributed by atoms with Gasteiger partial charge in [-0.15, -0.1) is 5.10 Å². The fourth-order valence-electron chi connectivity index (χ4n) is 2.26. The van der Waals surface area contributed by atoms with Gasteiger partial charge in [0.1, 0.15) is 5.82 Å². The monoisotopic (exact) mass is 362 g/mol. The van der Waals surface area contributed by atoms with Crippen LogP contribution >= 0.6 is 11.3 Å². The standard InChI is InChI=1S/C17H19FN4O2S/c1-17(2,3)13-9-22-16(20-13)25-15(21-22)19-8-11-7-10(14(23)24-4)5-6-12(11)18/h5-7,9H,8H2,1-4H3,(H,19,21). The lowest BCUT2D eigenvalue weighted by molar-refractivity contribution is 0.0600. The average Bonchev–Trinajstić information content (AvgIpc) is 3.11. The third-order valence-corrected chi connectivity index (χ3v) is 4.59. The lowest BCUT2D eigenvalue weighted by Crippen LogP contribution is -2.11. The van der Waals surface area contributed by atoms with Gasteiger partial charge in [0.15, 0.2) is 0 Å². The summed E-state index contributed by atoms with van der Waals surface area (Å²) in [6.45, 7) is 6.49. The van der Waals surface area contributed by atoms with Crippen LogP contribution in [0.3, 0.4) is 0 Å². The van der Waals surface area contributed by atoms with Crippen molar-refractivity contribution in [2.45, 2.75) is 32.7 Å². The van der Waals surface area contributed by atoms with E-state index in [1.807, 2.05) is 6.20 Å². The number of carbonyl (C=O) groups is 1. The minimum Gasteiger partial charge on any atom is -0.465 e. The molecular formula is C17H19FN4O2S. The number of nitrogens with one attached hydrogen (secondary N) is 1. The second kappa shape index (κ2) is 6.44. The van der Waals surface area contributed by atoms with E-state index in [1.54, 1.807) is 4.52 Å². The van der Waals surface area contributed by atoms with Gasteiger partial charge in [0.25, 0.3) is 0 Å². The van der Waals surface area contributed by atoms with Gasteiger partial charge in [-0.25, -0.2) is 18.7 Å². The summed E-state index contributed by atoms with van der Waals surface area (Å²) in [5.74, 6) is -0.889. The summed E-state index contributed by atoms with van der Waals surface area (Å²) in [5.41, 5.74) is 1.60. The fourth-order valence-corrected chi connectivity index (χ4v) is 3.04. The predicted octanol–water partition coefficient (Wildman–Crippen LogP) is 3.63. The topological polar surface area (TPSA) is 68.5 Å². The molecule has 8 heteroatoms. The molecule has 1 N–H and O–H groups in total. The summed E-state index contributed by atoms with van der Waals surface area (Å²) in [4.78, 5) is 16.9. The molecule has 0 unspecified atom stereocenters. The highest BCUT2D eigenvalue weighted by Crippen LogP contribution is 2.26. The van der Waals surface area contributed by atoms with Crippen molar-refractivity contribution < 1.29 is 13.9 Å². The van der Waals surface area contributed by atoms with Crippen molar-refractivity contribution in [3.63, 3.8) is 0 Å². The summed E-state index contributed by atoms with van der Waals surface area (Å²) in [5, 5.41) is 8.12. The van der Waals surface area contributed by atoms with Gasteiger partial charge in [-0.1, -0.05) is 32.1 Å². The number of halogens is 1. The first-order valence-corrected chi connectivity index (χ1v) is 8.57. The lowest BCUT2D eigenvalue weighted by Gasteiger charge is -2.13. The van der Waals surface area contributed by atoms with Crippen LogP contribution in [0, 0.1) is 5.82 Å². The molecule has 25 heavy (non-hydrogen) atoms. The maximum absolute atomic E-state index is 13.9. The van der Waals surface area contributed by atoms with Gasteiger partial charge in [0.05, 0.1) is 24.6 Å². The number of esters is 1. The molecule has 0 saturated carbocycles. The minimum atomic E-state index is -0.497. The van der Waals surface area contributed by atoms with Crippen molar-refractivity contribution in [2.24, 2.45) is 0 Å². The van der Waals surface area contributed by atoms with E-state index in [-0.39, 0.29) is 12.0 Å². The molecule has 0 aliphatic heterocycles. The molecule has 0 radical (unpaired) electrons. The third kappa shape index (κ3) is 3.63. The Morgan fingerprint density at radius 2 is 2.16 bits per heavy atom. The number of methoxy groups -OCH3 is 1. The Balaban J connectivity index is 1.76. The van der Waals surface area contributed by atoms with Crippen LogP contribution in [0.5, 0.6) is 0 Å². The van der Waals surface area contributed by atoms with Gasteiger partial charge >= 0.3 is 5.97 Å². The van der Waals surface area contributed by atoms with E-state index in [1.165, 1.54) is 36.6 Å². The van der Waals surface area contributed by atoms with E-state index in [2.05, 4.69) is 40.9 Å². The number of ether oxygens (including phenoxy) is 1. The first kappa shape index (κ1) is 17.3. The highest BCUT2D eigenvalue weighted by atomic mass is 32.1. The van der Waals surface area contributed by atoms with Gasteiger partial charge < -0.3 is 10.1 Å². The molecule has 0 amide bonds. The number of carbonyl (C=O) groups excluding carboxylic acids is 1. The molecule has 3 rings (SSSR count). The van der Waals surface area contributed by atoms with Gasteiger partial charge in [-0.3, -0.25) is 0 Å². The Kier molecular flexibility index (Phi) is 4.47. The van der Waals surface area contributed by atoms with Crippen LogP contribution in [0.2, 0.25) is 0 Å². The smallest absolute Gasteiger partial charge is 0.337 e. The molecule has 132 valence electrons. The maximum Gasteiger partial charge on any atom is 0.337 e. The number of nitrogens with zero attached hydrogens (tertiary/aromatic N) is 3. The number of benzene rings is 1. The Hall–Kier alpha value is -2.48. The number of imidazole rings is 1. The number of fused-ring (bicyclic) bond motifs is 1. The maximum atomic E-state index is 13.9. The van der Waals surface area contributed by atoms with E-state index in [0.717, 1.165) is 10.7 Å². The second-order valence-corrected chi connectivity index (χ2v) is 7.62. The highest BCUT2D eigenvalue weighted by molar-refractivity contribution is 7.20. The summed E-state index contributed by atoms with van der Waals surface area (Å²) >= 11 is 1.39. The molecule has 0 bridgehead atoms. The summed E-state index contributed by atoms with van der Waals surface area (Å²) < 4.78 is 20.3. The molecule has 0 saturated heterocycles. The molecule has 0 aliphatic rings. The normalized spacial score (nSPS) is 11.7. The molecule has 3 aromatic rings. The Bertz CT molecular complexity index is 895. The molecule has 0 spiro atoms.